The van der Waals surface area contributed by atoms with Gasteiger partial charge in [-0.1, -0.05) is 18.2 Å². The number of likely N-dealkylation sites (tertiary alicyclic amines) is 1. The Labute approximate surface area is 161 Å². The lowest BCUT2D eigenvalue weighted by Crippen LogP contribution is -2.31. The maximum atomic E-state index is 12.4. The quantitative estimate of drug-likeness (QED) is 0.715. The van der Waals surface area contributed by atoms with Crippen molar-refractivity contribution in [1.29, 1.82) is 0 Å². The standard InChI is InChI=1S/C20H23N3OS2/c1-13-22-11-15(25-13)12-23-9-5-6-14(23)10-17-16-7-3-4-8-18(16)26-19(17)20(24)21-2/h3-4,7-8,11,14H,5-6,9-10,12H2,1-2H3,(H,21,24). The fraction of sp³-hybridized carbons (Fsp3) is 0.400. The molecule has 136 valence electrons. The molecule has 6 heteroatoms. The summed E-state index contributed by atoms with van der Waals surface area (Å²) in [6.45, 7) is 4.15. The molecule has 1 atom stereocenters. The van der Waals surface area contributed by atoms with Crippen molar-refractivity contribution < 1.29 is 4.79 Å². The van der Waals surface area contributed by atoms with Gasteiger partial charge in [-0.05, 0) is 49.7 Å². The predicted molar refractivity (Wildman–Crippen MR) is 109 cm³/mol. The van der Waals surface area contributed by atoms with E-state index >= 15 is 0 Å². The number of rotatable bonds is 5. The maximum absolute atomic E-state index is 12.4. The van der Waals surface area contributed by atoms with Crippen LogP contribution in [0.1, 0.15) is 38.0 Å². The minimum atomic E-state index is 0.0313. The number of aryl methyl sites for hydroxylation is 1. The Bertz CT molecular complexity index is 930. The van der Waals surface area contributed by atoms with Gasteiger partial charge in [0.25, 0.3) is 5.91 Å². The Balaban J connectivity index is 1.62. The molecule has 2 aromatic heterocycles. The van der Waals surface area contributed by atoms with Gasteiger partial charge in [0, 0.05) is 35.4 Å². The number of amides is 1. The third-order valence-electron chi connectivity index (χ3n) is 5.10. The van der Waals surface area contributed by atoms with Gasteiger partial charge in [-0.2, -0.15) is 0 Å². The monoisotopic (exact) mass is 385 g/mol. The first kappa shape index (κ1) is 17.6. The van der Waals surface area contributed by atoms with Crippen LogP contribution in [0.3, 0.4) is 0 Å². The topological polar surface area (TPSA) is 45.2 Å². The Morgan fingerprint density at radius 3 is 2.96 bits per heavy atom. The van der Waals surface area contributed by atoms with E-state index in [9.17, 15) is 4.79 Å². The zero-order valence-corrected chi connectivity index (χ0v) is 16.8. The number of carbonyl (C=O) groups excluding carboxylic acids is 1. The van der Waals surface area contributed by atoms with E-state index in [-0.39, 0.29) is 5.91 Å². The first-order valence-corrected chi connectivity index (χ1v) is 10.7. The van der Waals surface area contributed by atoms with Gasteiger partial charge in [-0.15, -0.1) is 22.7 Å². The second-order valence-corrected chi connectivity index (χ2v) is 9.17. The Hall–Kier alpha value is -1.76. The Morgan fingerprint density at radius 2 is 2.19 bits per heavy atom. The van der Waals surface area contributed by atoms with Crippen LogP contribution in [0.15, 0.2) is 30.5 Å². The first-order chi connectivity index (χ1) is 12.7. The normalized spacial score (nSPS) is 17.8. The molecule has 1 N–H and O–H groups in total. The van der Waals surface area contributed by atoms with Crippen LogP contribution in [0.5, 0.6) is 0 Å². The number of nitrogens with one attached hydrogen (secondary N) is 1. The zero-order chi connectivity index (χ0) is 18.1. The molecule has 3 aromatic rings. The molecule has 1 aliphatic rings. The van der Waals surface area contributed by atoms with Crippen molar-refractivity contribution >= 4 is 38.7 Å². The Morgan fingerprint density at radius 1 is 1.35 bits per heavy atom. The van der Waals surface area contributed by atoms with E-state index in [0.29, 0.717) is 6.04 Å². The number of carbonyl (C=O) groups is 1. The van der Waals surface area contributed by atoms with Crippen molar-refractivity contribution in [3.8, 4) is 0 Å². The molecule has 1 aromatic carbocycles. The molecule has 0 bridgehead atoms. The van der Waals surface area contributed by atoms with E-state index in [4.69, 9.17) is 0 Å². The lowest BCUT2D eigenvalue weighted by molar-refractivity contribution is 0.0966. The van der Waals surface area contributed by atoms with Gasteiger partial charge < -0.3 is 5.32 Å². The van der Waals surface area contributed by atoms with Crippen LogP contribution in [0.4, 0.5) is 0 Å². The third-order valence-corrected chi connectivity index (χ3v) is 7.21. The van der Waals surface area contributed by atoms with Crippen LogP contribution >= 0.6 is 22.7 Å². The summed E-state index contributed by atoms with van der Waals surface area (Å²) in [6, 6.07) is 8.86. The molecule has 0 spiro atoms. The molecule has 1 saturated heterocycles. The van der Waals surface area contributed by atoms with E-state index in [1.54, 1.807) is 29.7 Å². The highest BCUT2D eigenvalue weighted by molar-refractivity contribution is 7.21. The van der Waals surface area contributed by atoms with E-state index in [2.05, 4.69) is 40.3 Å². The molecule has 4 rings (SSSR count). The average Bonchev–Trinajstić information content (AvgIpc) is 3.35. The second-order valence-electron chi connectivity index (χ2n) is 6.80. The van der Waals surface area contributed by atoms with Gasteiger partial charge in [0.2, 0.25) is 0 Å². The average molecular weight is 386 g/mol. The van der Waals surface area contributed by atoms with Crippen LogP contribution in [0.2, 0.25) is 0 Å². The molecule has 1 amide bonds. The first-order valence-electron chi connectivity index (χ1n) is 9.03. The smallest absolute Gasteiger partial charge is 0.261 e. The molecule has 3 heterocycles. The number of thiophene rings is 1. The highest BCUT2D eigenvalue weighted by Crippen LogP contribution is 2.35. The van der Waals surface area contributed by atoms with Gasteiger partial charge in [0.15, 0.2) is 0 Å². The fourth-order valence-electron chi connectivity index (χ4n) is 3.85. The molecular formula is C20H23N3OS2. The largest absolute Gasteiger partial charge is 0.354 e. The highest BCUT2D eigenvalue weighted by Gasteiger charge is 2.28. The lowest BCUT2D eigenvalue weighted by atomic mass is 10.0. The number of aromatic nitrogens is 1. The van der Waals surface area contributed by atoms with Crippen molar-refractivity contribution in [2.75, 3.05) is 13.6 Å². The van der Waals surface area contributed by atoms with Crippen molar-refractivity contribution in [2.24, 2.45) is 0 Å². The molecule has 0 saturated carbocycles. The summed E-state index contributed by atoms with van der Waals surface area (Å²) >= 11 is 3.39. The van der Waals surface area contributed by atoms with Crippen LogP contribution in [-0.4, -0.2) is 35.4 Å². The van der Waals surface area contributed by atoms with Gasteiger partial charge in [0.05, 0.1) is 9.88 Å². The zero-order valence-electron chi connectivity index (χ0n) is 15.1. The molecule has 0 radical (unpaired) electrons. The fourth-order valence-corrected chi connectivity index (χ4v) is 5.85. The van der Waals surface area contributed by atoms with Crippen molar-refractivity contribution in [1.82, 2.24) is 15.2 Å². The minimum absolute atomic E-state index is 0.0313. The number of nitrogens with zero attached hydrogens (tertiary/aromatic N) is 2. The van der Waals surface area contributed by atoms with Gasteiger partial charge in [-0.25, -0.2) is 4.98 Å². The van der Waals surface area contributed by atoms with Gasteiger partial charge >= 0.3 is 0 Å². The summed E-state index contributed by atoms with van der Waals surface area (Å²) in [5, 5.41) is 5.17. The van der Waals surface area contributed by atoms with Crippen molar-refractivity contribution in [2.45, 2.75) is 38.8 Å². The van der Waals surface area contributed by atoms with E-state index in [1.807, 2.05) is 12.3 Å². The molecule has 1 fully saturated rings. The molecular weight excluding hydrogens is 362 g/mol. The lowest BCUT2D eigenvalue weighted by Gasteiger charge is -2.24. The highest BCUT2D eigenvalue weighted by atomic mass is 32.1. The Kier molecular flexibility index (Phi) is 5.07. The van der Waals surface area contributed by atoms with Gasteiger partial charge in [0.1, 0.15) is 0 Å². The molecule has 26 heavy (non-hydrogen) atoms. The predicted octanol–water partition coefficient (Wildman–Crippen LogP) is 4.23. The van der Waals surface area contributed by atoms with Crippen LogP contribution < -0.4 is 5.32 Å². The van der Waals surface area contributed by atoms with Crippen LogP contribution in [-0.2, 0) is 13.0 Å². The SMILES string of the molecule is CNC(=O)c1sc2ccccc2c1CC1CCCN1Cc1cnc(C)s1. The maximum Gasteiger partial charge on any atom is 0.261 e. The second kappa shape index (κ2) is 7.47. The van der Waals surface area contributed by atoms with Crippen LogP contribution in [0.25, 0.3) is 10.1 Å². The molecule has 4 nitrogen and oxygen atoms in total. The summed E-state index contributed by atoms with van der Waals surface area (Å²) in [7, 11) is 1.71. The summed E-state index contributed by atoms with van der Waals surface area (Å²) in [4.78, 5) is 21.6. The third kappa shape index (κ3) is 3.41. The molecule has 0 aliphatic carbocycles. The van der Waals surface area contributed by atoms with Crippen molar-refractivity contribution in [3.05, 3.63) is 50.8 Å². The summed E-state index contributed by atoms with van der Waals surface area (Å²) in [6.07, 6.45) is 5.35. The number of benzene rings is 1. The van der Waals surface area contributed by atoms with E-state index < -0.39 is 0 Å². The molecule has 1 unspecified atom stereocenters. The van der Waals surface area contributed by atoms with E-state index in [1.165, 1.54) is 33.4 Å². The van der Waals surface area contributed by atoms with Crippen LogP contribution in [0, 0.1) is 6.92 Å². The number of thiazole rings is 1. The molecule has 1 aliphatic heterocycles. The van der Waals surface area contributed by atoms with Gasteiger partial charge in [-0.3, -0.25) is 9.69 Å². The number of hydrogen-bond donors (Lipinski definition) is 1. The van der Waals surface area contributed by atoms with E-state index in [0.717, 1.165) is 29.4 Å². The number of fused-ring (bicyclic) bond motifs is 1. The summed E-state index contributed by atoms with van der Waals surface area (Å²) in [5.74, 6) is 0.0313. The van der Waals surface area contributed by atoms with Crippen molar-refractivity contribution in [3.63, 3.8) is 0 Å². The summed E-state index contributed by atoms with van der Waals surface area (Å²) < 4.78 is 1.20. The summed E-state index contributed by atoms with van der Waals surface area (Å²) in [5.41, 5.74) is 1.21. The minimum Gasteiger partial charge on any atom is -0.354 e. The number of hydrogen-bond acceptors (Lipinski definition) is 5.